The maximum Gasteiger partial charge on any atom is 0.316 e. The van der Waals surface area contributed by atoms with Gasteiger partial charge in [0.05, 0.1) is 23.1 Å². The molecule has 0 aliphatic heterocycles. The van der Waals surface area contributed by atoms with Crippen LogP contribution in [0.3, 0.4) is 0 Å². The molecule has 0 spiro atoms. The summed E-state index contributed by atoms with van der Waals surface area (Å²) in [5, 5.41) is 11.4. The number of nitrogens with zero attached hydrogens (tertiary/aromatic N) is 2. The second-order valence-electron chi connectivity index (χ2n) is 6.76. The van der Waals surface area contributed by atoms with Gasteiger partial charge in [-0.3, -0.25) is 9.59 Å². The van der Waals surface area contributed by atoms with Crippen molar-refractivity contribution in [3.63, 3.8) is 0 Å². The number of nitrogens with one attached hydrogen (secondary N) is 1. The molecule has 3 rings (SSSR count). The second kappa shape index (κ2) is 8.48. The number of fused-ring (bicyclic) bond motifs is 1. The Hall–Kier alpha value is -2.80. The fourth-order valence-electron chi connectivity index (χ4n) is 3.05. The first-order valence-electron chi connectivity index (χ1n) is 9.11. The predicted octanol–water partition coefficient (Wildman–Crippen LogP) is 4.11. The Morgan fingerprint density at radius 2 is 1.79 bits per heavy atom. The number of hydrogen-bond donors (Lipinski definition) is 2. The van der Waals surface area contributed by atoms with E-state index in [0.717, 1.165) is 28.6 Å². The lowest BCUT2D eigenvalue weighted by Crippen LogP contribution is -2.26. The Labute approximate surface area is 168 Å². The van der Waals surface area contributed by atoms with Gasteiger partial charge < -0.3 is 15.0 Å². The molecule has 1 aromatic heterocycles. The van der Waals surface area contributed by atoms with Crippen molar-refractivity contribution in [1.82, 2.24) is 14.9 Å². The molecular weight excluding hydrogens is 374 g/mol. The number of carboxylic acid groups (broad SMARTS) is 1. The standard InChI is InChI=1S/C21H23N3O3S/c1-13(2)24-17-10-6-5-9-16(17)23-19(24)12-22-20(25)15-8-4-7-11-18(15)28-14(3)21(26)27/h4-11,13-14H,12H2,1-3H3,(H,22,25)(H,26,27). The zero-order valence-electron chi connectivity index (χ0n) is 16.0. The molecule has 28 heavy (non-hydrogen) atoms. The van der Waals surface area contributed by atoms with E-state index < -0.39 is 11.2 Å². The van der Waals surface area contributed by atoms with Gasteiger partial charge in [-0.2, -0.15) is 0 Å². The number of thioether (sulfide) groups is 1. The highest BCUT2D eigenvalue weighted by Gasteiger charge is 2.19. The van der Waals surface area contributed by atoms with Gasteiger partial charge in [0.2, 0.25) is 0 Å². The number of imidazole rings is 1. The van der Waals surface area contributed by atoms with Crippen molar-refractivity contribution in [1.29, 1.82) is 0 Å². The number of carboxylic acids is 1. The van der Waals surface area contributed by atoms with Gasteiger partial charge in [-0.15, -0.1) is 11.8 Å². The van der Waals surface area contributed by atoms with Crippen molar-refractivity contribution in [3.8, 4) is 0 Å². The molecule has 0 radical (unpaired) electrons. The van der Waals surface area contributed by atoms with E-state index in [4.69, 9.17) is 5.11 Å². The van der Waals surface area contributed by atoms with Gasteiger partial charge in [0, 0.05) is 10.9 Å². The van der Waals surface area contributed by atoms with Crippen LogP contribution in [-0.4, -0.2) is 31.8 Å². The third-order valence-electron chi connectivity index (χ3n) is 4.38. The smallest absolute Gasteiger partial charge is 0.316 e. The summed E-state index contributed by atoms with van der Waals surface area (Å²) in [4.78, 5) is 29.2. The first kappa shape index (κ1) is 19.9. The van der Waals surface area contributed by atoms with Crippen molar-refractivity contribution in [2.45, 2.75) is 43.5 Å². The van der Waals surface area contributed by atoms with Crippen LogP contribution in [0.1, 0.15) is 43.0 Å². The zero-order chi connectivity index (χ0) is 20.3. The lowest BCUT2D eigenvalue weighted by molar-refractivity contribution is -0.136. The summed E-state index contributed by atoms with van der Waals surface area (Å²) in [6, 6.07) is 15.1. The lowest BCUT2D eigenvalue weighted by atomic mass is 10.2. The van der Waals surface area contributed by atoms with Crippen LogP contribution in [0, 0.1) is 0 Å². The molecule has 0 bridgehead atoms. The Kier molecular flexibility index (Phi) is 6.04. The number of carbonyl (C=O) groups excluding carboxylic acids is 1. The molecule has 146 valence electrons. The molecule has 3 aromatic rings. The summed E-state index contributed by atoms with van der Waals surface area (Å²) in [6.07, 6.45) is 0. The van der Waals surface area contributed by atoms with Crippen LogP contribution in [0.15, 0.2) is 53.4 Å². The normalized spacial score (nSPS) is 12.3. The van der Waals surface area contributed by atoms with E-state index in [1.807, 2.05) is 24.3 Å². The average molecular weight is 398 g/mol. The molecule has 1 amide bonds. The van der Waals surface area contributed by atoms with Gasteiger partial charge in [-0.1, -0.05) is 24.3 Å². The van der Waals surface area contributed by atoms with Crippen molar-refractivity contribution in [2.75, 3.05) is 0 Å². The summed E-state index contributed by atoms with van der Waals surface area (Å²) in [5.41, 5.74) is 2.40. The van der Waals surface area contributed by atoms with Gasteiger partial charge in [0.25, 0.3) is 5.91 Å². The van der Waals surface area contributed by atoms with Crippen LogP contribution in [0.25, 0.3) is 11.0 Å². The molecule has 2 aromatic carbocycles. The first-order chi connectivity index (χ1) is 13.4. The van der Waals surface area contributed by atoms with Crippen molar-refractivity contribution < 1.29 is 14.7 Å². The van der Waals surface area contributed by atoms with Crippen molar-refractivity contribution in [3.05, 3.63) is 59.9 Å². The number of amides is 1. The summed E-state index contributed by atoms with van der Waals surface area (Å²) in [6.45, 7) is 6.06. The van der Waals surface area contributed by atoms with Crippen LogP contribution in [0.4, 0.5) is 0 Å². The van der Waals surface area contributed by atoms with Crippen LogP contribution >= 0.6 is 11.8 Å². The average Bonchev–Trinajstić information content (AvgIpc) is 3.05. The quantitative estimate of drug-likeness (QED) is 0.586. The fourth-order valence-corrected chi connectivity index (χ4v) is 3.97. The number of hydrogen-bond acceptors (Lipinski definition) is 4. The predicted molar refractivity (Wildman–Crippen MR) is 111 cm³/mol. The summed E-state index contributed by atoms with van der Waals surface area (Å²) in [5.74, 6) is -0.373. The molecule has 0 aliphatic rings. The van der Waals surface area contributed by atoms with Crippen LogP contribution in [0.2, 0.25) is 0 Å². The maximum atomic E-state index is 12.8. The van der Waals surface area contributed by atoms with E-state index in [2.05, 4.69) is 28.7 Å². The number of aliphatic carboxylic acids is 1. The zero-order valence-corrected chi connectivity index (χ0v) is 16.9. The highest BCUT2D eigenvalue weighted by Crippen LogP contribution is 2.27. The number of rotatable bonds is 7. The first-order valence-corrected chi connectivity index (χ1v) is 9.99. The summed E-state index contributed by atoms with van der Waals surface area (Å²) in [7, 11) is 0. The van der Waals surface area contributed by atoms with E-state index in [9.17, 15) is 9.59 Å². The Balaban J connectivity index is 1.81. The second-order valence-corrected chi connectivity index (χ2v) is 8.14. The molecule has 0 fully saturated rings. The van der Waals surface area contributed by atoms with Crippen molar-refractivity contribution >= 4 is 34.7 Å². The Morgan fingerprint density at radius 3 is 2.50 bits per heavy atom. The number of carbonyl (C=O) groups is 2. The molecule has 1 heterocycles. The molecule has 0 saturated carbocycles. The van der Waals surface area contributed by atoms with Crippen molar-refractivity contribution in [2.24, 2.45) is 0 Å². The number of para-hydroxylation sites is 2. The number of benzene rings is 2. The highest BCUT2D eigenvalue weighted by molar-refractivity contribution is 8.00. The van der Waals surface area contributed by atoms with Gasteiger partial charge in [0.15, 0.2) is 0 Å². The third kappa shape index (κ3) is 4.20. The molecule has 7 heteroatoms. The minimum atomic E-state index is -0.911. The molecule has 0 saturated heterocycles. The molecular formula is C21H23N3O3S. The number of aromatic nitrogens is 2. The Morgan fingerprint density at radius 1 is 1.11 bits per heavy atom. The van der Waals surface area contributed by atoms with Gasteiger partial charge >= 0.3 is 5.97 Å². The van der Waals surface area contributed by atoms with E-state index in [-0.39, 0.29) is 11.9 Å². The van der Waals surface area contributed by atoms with Gasteiger partial charge in [-0.05, 0) is 45.0 Å². The van der Waals surface area contributed by atoms with Gasteiger partial charge in [0.1, 0.15) is 11.1 Å². The van der Waals surface area contributed by atoms with E-state index >= 15 is 0 Å². The van der Waals surface area contributed by atoms with E-state index in [1.54, 1.807) is 31.2 Å². The Bertz CT molecular complexity index is 1010. The monoisotopic (exact) mass is 397 g/mol. The summed E-state index contributed by atoms with van der Waals surface area (Å²) >= 11 is 1.16. The SMILES string of the molecule is CC(Sc1ccccc1C(=O)NCc1nc2ccccc2n1C(C)C)C(=O)O. The van der Waals surface area contributed by atoms with Gasteiger partial charge in [-0.25, -0.2) is 4.98 Å². The highest BCUT2D eigenvalue weighted by atomic mass is 32.2. The van der Waals surface area contributed by atoms with E-state index in [1.165, 1.54) is 0 Å². The van der Waals surface area contributed by atoms with Crippen LogP contribution in [-0.2, 0) is 11.3 Å². The largest absolute Gasteiger partial charge is 0.480 e. The fraction of sp³-hybridized carbons (Fsp3) is 0.286. The third-order valence-corrected chi connectivity index (χ3v) is 5.54. The maximum absolute atomic E-state index is 12.8. The molecule has 1 atom stereocenters. The van der Waals surface area contributed by atoms with Crippen LogP contribution in [0.5, 0.6) is 0 Å². The molecule has 0 aliphatic carbocycles. The molecule has 6 nitrogen and oxygen atoms in total. The lowest BCUT2D eigenvalue weighted by Gasteiger charge is -2.15. The minimum Gasteiger partial charge on any atom is -0.480 e. The summed E-state index contributed by atoms with van der Waals surface area (Å²) < 4.78 is 2.11. The topological polar surface area (TPSA) is 84.2 Å². The minimum absolute atomic E-state index is 0.207. The molecule has 1 unspecified atom stereocenters. The van der Waals surface area contributed by atoms with Crippen LogP contribution < -0.4 is 5.32 Å². The van der Waals surface area contributed by atoms with E-state index in [0.29, 0.717) is 17.0 Å². The molecule has 2 N–H and O–H groups in total.